The van der Waals surface area contributed by atoms with Crippen molar-refractivity contribution in [2.45, 2.75) is 63.8 Å². The average Bonchev–Trinajstić information content (AvgIpc) is 3.19. The lowest BCUT2D eigenvalue weighted by atomic mass is 9.49. The zero-order chi connectivity index (χ0) is 14.6. The minimum absolute atomic E-state index is 0.0861. The highest BCUT2D eigenvalue weighted by atomic mass is 16.4. The Bertz CT molecular complexity index is 433. The van der Waals surface area contributed by atoms with Crippen LogP contribution in [0.1, 0.15) is 57.8 Å². The van der Waals surface area contributed by atoms with Gasteiger partial charge < -0.3 is 10.4 Å². The van der Waals surface area contributed by atoms with E-state index in [1.165, 1.54) is 19.3 Å². The molecule has 21 heavy (non-hydrogen) atoms. The largest absolute Gasteiger partial charge is 0.481 e. The number of amides is 1. The molecule has 0 aromatic rings. The van der Waals surface area contributed by atoms with Gasteiger partial charge in [0, 0.05) is 11.5 Å². The third-order valence-electron chi connectivity index (χ3n) is 6.42. The second-order valence-electron chi connectivity index (χ2n) is 8.21. The van der Waals surface area contributed by atoms with Crippen molar-refractivity contribution in [1.29, 1.82) is 0 Å². The van der Waals surface area contributed by atoms with E-state index in [4.69, 9.17) is 5.11 Å². The number of rotatable bonds is 5. The molecule has 0 spiro atoms. The molecule has 2 N–H and O–H groups in total. The minimum Gasteiger partial charge on any atom is -0.481 e. The van der Waals surface area contributed by atoms with E-state index < -0.39 is 5.97 Å². The fourth-order valence-electron chi connectivity index (χ4n) is 5.73. The van der Waals surface area contributed by atoms with Crippen molar-refractivity contribution in [3.63, 3.8) is 0 Å². The minimum atomic E-state index is -0.794. The van der Waals surface area contributed by atoms with Crippen molar-refractivity contribution < 1.29 is 14.7 Å². The second-order valence-corrected chi connectivity index (χ2v) is 8.21. The van der Waals surface area contributed by atoms with Crippen LogP contribution in [0.2, 0.25) is 0 Å². The molecule has 5 rings (SSSR count). The second kappa shape index (κ2) is 4.72. The van der Waals surface area contributed by atoms with Gasteiger partial charge in [0.1, 0.15) is 0 Å². The molecule has 116 valence electrons. The number of hydrogen-bond donors (Lipinski definition) is 2. The van der Waals surface area contributed by atoms with Crippen molar-refractivity contribution in [2.24, 2.45) is 29.1 Å². The van der Waals surface area contributed by atoms with Crippen LogP contribution in [-0.2, 0) is 9.59 Å². The van der Waals surface area contributed by atoms with Crippen LogP contribution in [0.5, 0.6) is 0 Å². The zero-order valence-electron chi connectivity index (χ0n) is 12.5. The van der Waals surface area contributed by atoms with Crippen LogP contribution in [0, 0.1) is 29.1 Å². The first-order valence-electron chi connectivity index (χ1n) is 8.57. The molecule has 0 heterocycles. The lowest BCUT2D eigenvalue weighted by Crippen LogP contribution is -2.55. The van der Waals surface area contributed by atoms with Crippen molar-refractivity contribution in [1.82, 2.24) is 5.32 Å². The van der Waals surface area contributed by atoms with Crippen molar-refractivity contribution in [3.05, 3.63) is 0 Å². The van der Waals surface area contributed by atoms with Crippen LogP contribution in [0.3, 0.4) is 0 Å². The number of carbonyl (C=O) groups excluding carboxylic acids is 1. The van der Waals surface area contributed by atoms with E-state index in [2.05, 4.69) is 5.32 Å². The number of hydrogen-bond acceptors (Lipinski definition) is 2. The predicted octanol–water partition coefficient (Wildman–Crippen LogP) is 2.57. The molecule has 0 saturated heterocycles. The normalized spacial score (nSPS) is 41.8. The van der Waals surface area contributed by atoms with Gasteiger partial charge in [-0.25, -0.2) is 0 Å². The molecule has 5 fully saturated rings. The Morgan fingerprint density at radius 2 is 1.57 bits per heavy atom. The van der Waals surface area contributed by atoms with Crippen molar-refractivity contribution in [3.8, 4) is 0 Å². The smallest absolute Gasteiger partial charge is 0.305 e. The topological polar surface area (TPSA) is 66.4 Å². The summed E-state index contributed by atoms with van der Waals surface area (Å²) in [6.07, 6.45) is 9.36. The van der Waals surface area contributed by atoms with Gasteiger partial charge in [-0.1, -0.05) is 0 Å². The molecular weight excluding hydrogens is 266 g/mol. The molecule has 0 aliphatic heterocycles. The van der Waals surface area contributed by atoms with Crippen LogP contribution in [-0.4, -0.2) is 23.0 Å². The Kier molecular flexibility index (Phi) is 3.05. The lowest BCUT2D eigenvalue weighted by molar-refractivity contribution is -0.147. The number of carbonyl (C=O) groups is 2. The molecule has 4 heteroatoms. The van der Waals surface area contributed by atoms with Crippen molar-refractivity contribution >= 4 is 11.9 Å². The standard InChI is InChI=1S/C17H25NO3/c19-15(20)6-14(13-1-2-13)18-16(21)17-7-10-3-11(8-17)5-12(4-10)9-17/h10-14H,1-9H2,(H,18,21)(H,19,20). The lowest BCUT2D eigenvalue weighted by Gasteiger charge is -2.55. The van der Waals surface area contributed by atoms with E-state index in [0.717, 1.165) is 49.9 Å². The van der Waals surface area contributed by atoms with E-state index in [-0.39, 0.29) is 23.8 Å². The Morgan fingerprint density at radius 1 is 1.05 bits per heavy atom. The summed E-state index contributed by atoms with van der Waals surface area (Å²) < 4.78 is 0. The molecule has 0 aromatic heterocycles. The fourth-order valence-corrected chi connectivity index (χ4v) is 5.73. The molecular formula is C17H25NO3. The summed E-state index contributed by atoms with van der Waals surface area (Å²) in [6.45, 7) is 0. The van der Waals surface area contributed by atoms with Gasteiger partial charge in [0.05, 0.1) is 6.42 Å². The molecule has 1 amide bonds. The van der Waals surface area contributed by atoms with Gasteiger partial charge in [-0.05, 0) is 75.0 Å². The number of aliphatic carboxylic acids is 1. The van der Waals surface area contributed by atoms with E-state index in [1.807, 2.05) is 0 Å². The Morgan fingerprint density at radius 3 is 2.00 bits per heavy atom. The van der Waals surface area contributed by atoms with Crippen LogP contribution in [0.4, 0.5) is 0 Å². The fraction of sp³-hybridized carbons (Fsp3) is 0.882. The average molecular weight is 291 g/mol. The van der Waals surface area contributed by atoms with Gasteiger partial charge >= 0.3 is 5.97 Å². The van der Waals surface area contributed by atoms with Crippen LogP contribution in [0.25, 0.3) is 0 Å². The third kappa shape index (κ3) is 2.47. The van der Waals surface area contributed by atoms with Crippen LogP contribution < -0.4 is 5.32 Å². The molecule has 0 radical (unpaired) electrons. The molecule has 5 aliphatic carbocycles. The molecule has 4 nitrogen and oxygen atoms in total. The molecule has 0 aromatic carbocycles. The summed E-state index contributed by atoms with van der Waals surface area (Å²) >= 11 is 0. The van der Waals surface area contributed by atoms with Crippen molar-refractivity contribution in [2.75, 3.05) is 0 Å². The highest BCUT2D eigenvalue weighted by Gasteiger charge is 2.55. The molecule has 5 aliphatic rings. The summed E-state index contributed by atoms with van der Waals surface area (Å²) in [5, 5.41) is 12.2. The molecule has 4 bridgehead atoms. The maximum Gasteiger partial charge on any atom is 0.305 e. The monoisotopic (exact) mass is 291 g/mol. The van der Waals surface area contributed by atoms with Crippen LogP contribution >= 0.6 is 0 Å². The Balaban J connectivity index is 1.47. The van der Waals surface area contributed by atoms with E-state index in [0.29, 0.717) is 5.92 Å². The first-order chi connectivity index (χ1) is 10.0. The summed E-state index contributed by atoms with van der Waals surface area (Å²) in [4.78, 5) is 23.9. The highest BCUT2D eigenvalue weighted by Crippen LogP contribution is 2.60. The Labute approximate surface area is 125 Å². The van der Waals surface area contributed by atoms with Gasteiger partial charge in [-0.15, -0.1) is 0 Å². The molecule has 5 saturated carbocycles. The maximum absolute atomic E-state index is 12.9. The number of nitrogens with one attached hydrogen (secondary N) is 1. The first-order valence-corrected chi connectivity index (χ1v) is 8.57. The first kappa shape index (κ1) is 13.6. The van der Waals surface area contributed by atoms with Gasteiger partial charge in [0.25, 0.3) is 0 Å². The van der Waals surface area contributed by atoms with E-state index in [9.17, 15) is 9.59 Å². The van der Waals surface area contributed by atoms with Gasteiger partial charge in [0.2, 0.25) is 5.91 Å². The highest BCUT2D eigenvalue weighted by molar-refractivity contribution is 5.84. The van der Waals surface area contributed by atoms with Gasteiger partial charge in [0.15, 0.2) is 0 Å². The van der Waals surface area contributed by atoms with Gasteiger partial charge in [-0.2, -0.15) is 0 Å². The van der Waals surface area contributed by atoms with E-state index in [1.54, 1.807) is 0 Å². The summed E-state index contributed by atoms with van der Waals surface area (Å²) in [5.74, 6) is 2.04. The van der Waals surface area contributed by atoms with E-state index >= 15 is 0 Å². The summed E-state index contributed by atoms with van der Waals surface area (Å²) in [6, 6.07) is -0.136. The SMILES string of the molecule is O=C(O)CC(NC(=O)C12CC3CC(CC(C3)C1)C2)C1CC1. The van der Waals surface area contributed by atoms with Gasteiger partial charge in [-0.3, -0.25) is 9.59 Å². The maximum atomic E-state index is 12.9. The zero-order valence-corrected chi connectivity index (χ0v) is 12.5. The summed E-state index contributed by atoms with van der Waals surface area (Å²) in [5.41, 5.74) is -0.152. The van der Waals surface area contributed by atoms with Crippen LogP contribution in [0.15, 0.2) is 0 Å². The predicted molar refractivity (Wildman–Crippen MR) is 77.5 cm³/mol. The summed E-state index contributed by atoms with van der Waals surface area (Å²) in [7, 11) is 0. The quantitative estimate of drug-likeness (QED) is 0.818. The Hall–Kier alpha value is -1.06. The molecule has 1 unspecified atom stereocenters. The number of carboxylic acid groups (broad SMARTS) is 1. The number of carboxylic acids is 1. The molecule has 1 atom stereocenters. The third-order valence-corrected chi connectivity index (χ3v) is 6.42.